The van der Waals surface area contributed by atoms with E-state index in [0.717, 1.165) is 5.69 Å². The number of aromatic nitrogens is 2. The number of aliphatic carboxylic acids is 1. The average molecular weight is 279 g/mol. The number of likely N-dealkylation sites (tertiary alicyclic amines) is 1. The molecule has 110 valence electrons. The Labute approximate surface area is 118 Å². The van der Waals surface area contributed by atoms with Crippen LogP contribution in [-0.4, -0.2) is 44.8 Å². The van der Waals surface area contributed by atoms with Gasteiger partial charge in [0.2, 0.25) is 0 Å². The molecule has 20 heavy (non-hydrogen) atoms. The van der Waals surface area contributed by atoms with E-state index in [2.05, 4.69) is 5.10 Å². The molecular weight excluding hydrogens is 258 g/mol. The summed E-state index contributed by atoms with van der Waals surface area (Å²) in [6.07, 6.45) is 0.503. The number of amides is 1. The van der Waals surface area contributed by atoms with E-state index in [4.69, 9.17) is 0 Å². The third-order valence-electron chi connectivity index (χ3n) is 4.34. The quantitative estimate of drug-likeness (QED) is 0.905. The van der Waals surface area contributed by atoms with Crippen LogP contribution in [0.2, 0.25) is 0 Å². The van der Waals surface area contributed by atoms with Gasteiger partial charge in [0.15, 0.2) is 0 Å². The van der Waals surface area contributed by atoms with E-state index >= 15 is 0 Å². The highest BCUT2D eigenvalue weighted by Gasteiger charge is 2.48. The van der Waals surface area contributed by atoms with E-state index < -0.39 is 11.4 Å². The van der Waals surface area contributed by atoms with Crippen LogP contribution < -0.4 is 0 Å². The summed E-state index contributed by atoms with van der Waals surface area (Å²) >= 11 is 0. The Balaban J connectivity index is 2.23. The van der Waals surface area contributed by atoms with Crippen molar-refractivity contribution < 1.29 is 14.7 Å². The van der Waals surface area contributed by atoms with Crippen LogP contribution in [0, 0.1) is 18.3 Å². The first-order valence-corrected chi connectivity index (χ1v) is 6.81. The third-order valence-corrected chi connectivity index (χ3v) is 4.34. The Morgan fingerprint density at radius 3 is 2.50 bits per heavy atom. The highest BCUT2D eigenvalue weighted by molar-refractivity contribution is 5.93. The molecule has 0 aliphatic carbocycles. The maximum atomic E-state index is 12.5. The van der Waals surface area contributed by atoms with Gasteiger partial charge >= 0.3 is 5.97 Å². The zero-order valence-corrected chi connectivity index (χ0v) is 12.4. The van der Waals surface area contributed by atoms with Crippen molar-refractivity contribution >= 4 is 11.9 Å². The molecule has 6 nitrogen and oxygen atoms in total. The molecule has 0 radical (unpaired) electrons. The van der Waals surface area contributed by atoms with Gasteiger partial charge in [-0.05, 0) is 25.3 Å². The number of aryl methyl sites for hydroxylation is 2. The van der Waals surface area contributed by atoms with E-state index in [1.165, 1.54) is 0 Å². The van der Waals surface area contributed by atoms with Crippen LogP contribution in [0.15, 0.2) is 6.07 Å². The van der Waals surface area contributed by atoms with E-state index in [1.54, 1.807) is 22.7 Å². The van der Waals surface area contributed by atoms with Crippen molar-refractivity contribution in [2.75, 3.05) is 13.1 Å². The van der Waals surface area contributed by atoms with Crippen molar-refractivity contribution in [2.24, 2.45) is 18.4 Å². The number of hydrogen-bond donors (Lipinski definition) is 1. The molecule has 0 spiro atoms. The lowest BCUT2D eigenvalue weighted by molar-refractivity contribution is -0.150. The molecule has 1 N–H and O–H groups in total. The van der Waals surface area contributed by atoms with Gasteiger partial charge < -0.3 is 10.0 Å². The maximum Gasteiger partial charge on any atom is 0.311 e. The lowest BCUT2D eigenvalue weighted by Crippen LogP contribution is -2.40. The van der Waals surface area contributed by atoms with E-state index in [0.29, 0.717) is 18.7 Å². The zero-order chi connectivity index (χ0) is 15.1. The molecule has 0 aromatic carbocycles. The molecule has 2 heterocycles. The number of carbonyl (C=O) groups excluding carboxylic acids is 1. The van der Waals surface area contributed by atoms with Crippen LogP contribution >= 0.6 is 0 Å². The van der Waals surface area contributed by atoms with Crippen molar-refractivity contribution in [1.82, 2.24) is 14.7 Å². The molecule has 1 unspecified atom stereocenters. The first kappa shape index (κ1) is 14.6. The van der Waals surface area contributed by atoms with Gasteiger partial charge in [-0.25, -0.2) is 0 Å². The van der Waals surface area contributed by atoms with Crippen LogP contribution in [0.4, 0.5) is 0 Å². The summed E-state index contributed by atoms with van der Waals surface area (Å²) < 4.78 is 1.55. The van der Waals surface area contributed by atoms with Gasteiger partial charge in [-0.2, -0.15) is 5.10 Å². The smallest absolute Gasteiger partial charge is 0.311 e. The molecule has 6 heteroatoms. The maximum absolute atomic E-state index is 12.5. The standard InChI is InChI=1S/C14H21N3O3/c1-9(2)14(13(19)20)5-6-17(8-14)12(18)11-7-10(3)15-16(11)4/h7,9H,5-6,8H2,1-4H3,(H,19,20). The van der Waals surface area contributed by atoms with Crippen LogP contribution in [0.1, 0.15) is 36.5 Å². The first-order chi connectivity index (χ1) is 9.28. The predicted octanol–water partition coefficient (Wildman–Crippen LogP) is 1.30. The SMILES string of the molecule is Cc1cc(C(=O)N2CCC(C(=O)O)(C(C)C)C2)n(C)n1. The minimum atomic E-state index is -0.830. The number of hydrogen-bond acceptors (Lipinski definition) is 3. The Morgan fingerprint density at radius 2 is 2.10 bits per heavy atom. The molecule has 1 saturated heterocycles. The number of carboxylic acids is 1. The second kappa shape index (κ2) is 4.92. The van der Waals surface area contributed by atoms with Crippen molar-refractivity contribution in [3.63, 3.8) is 0 Å². The molecule has 0 saturated carbocycles. The summed E-state index contributed by atoms with van der Waals surface area (Å²) in [7, 11) is 1.73. The predicted molar refractivity (Wildman–Crippen MR) is 73.4 cm³/mol. The van der Waals surface area contributed by atoms with Gasteiger partial charge in [0.1, 0.15) is 5.69 Å². The van der Waals surface area contributed by atoms with Crippen molar-refractivity contribution in [3.05, 3.63) is 17.5 Å². The zero-order valence-electron chi connectivity index (χ0n) is 12.4. The normalized spacial score (nSPS) is 22.6. The van der Waals surface area contributed by atoms with Crippen molar-refractivity contribution in [2.45, 2.75) is 27.2 Å². The van der Waals surface area contributed by atoms with Crippen LogP contribution in [0.3, 0.4) is 0 Å². The molecule has 2 rings (SSSR count). The summed E-state index contributed by atoms with van der Waals surface area (Å²) in [6, 6.07) is 1.73. The second-order valence-corrected chi connectivity index (χ2v) is 5.89. The fourth-order valence-corrected chi connectivity index (χ4v) is 2.87. The van der Waals surface area contributed by atoms with Gasteiger partial charge in [0, 0.05) is 20.1 Å². The molecule has 1 aromatic heterocycles. The lowest BCUT2D eigenvalue weighted by atomic mass is 9.76. The third kappa shape index (κ3) is 2.19. The first-order valence-electron chi connectivity index (χ1n) is 6.81. The highest BCUT2D eigenvalue weighted by Crippen LogP contribution is 2.38. The molecule has 1 aromatic rings. The fraction of sp³-hybridized carbons (Fsp3) is 0.643. The lowest BCUT2D eigenvalue weighted by Gasteiger charge is -2.28. The van der Waals surface area contributed by atoms with Crippen LogP contribution in [0.5, 0.6) is 0 Å². The van der Waals surface area contributed by atoms with E-state index in [9.17, 15) is 14.7 Å². The molecule has 1 amide bonds. The molecule has 1 fully saturated rings. The largest absolute Gasteiger partial charge is 0.481 e. The topological polar surface area (TPSA) is 75.4 Å². The van der Waals surface area contributed by atoms with Gasteiger partial charge in [-0.1, -0.05) is 13.8 Å². The fourth-order valence-electron chi connectivity index (χ4n) is 2.87. The molecule has 1 aliphatic rings. The summed E-state index contributed by atoms with van der Waals surface area (Å²) in [4.78, 5) is 25.7. The number of rotatable bonds is 3. The van der Waals surface area contributed by atoms with Crippen LogP contribution in [0.25, 0.3) is 0 Å². The Bertz CT molecular complexity index is 550. The van der Waals surface area contributed by atoms with E-state index in [-0.39, 0.29) is 18.4 Å². The summed E-state index contributed by atoms with van der Waals surface area (Å²) in [5, 5.41) is 13.7. The Hall–Kier alpha value is -1.85. The second-order valence-electron chi connectivity index (χ2n) is 5.89. The summed E-state index contributed by atoms with van der Waals surface area (Å²) in [5.41, 5.74) is 0.458. The summed E-state index contributed by atoms with van der Waals surface area (Å²) in [5.74, 6) is -0.966. The van der Waals surface area contributed by atoms with Crippen molar-refractivity contribution in [1.29, 1.82) is 0 Å². The van der Waals surface area contributed by atoms with Gasteiger partial charge in [0.25, 0.3) is 5.91 Å². The average Bonchev–Trinajstić information content (AvgIpc) is 2.93. The monoisotopic (exact) mass is 279 g/mol. The minimum absolute atomic E-state index is 0.00827. The Morgan fingerprint density at radius 1 is 1.45 bits per heavy atom. The molecule has 0 bridgehead atoms. The van der Waals surface area contributed by atoms with Gasteiger partial charge in [-0.3, -0.25) is 14.3 Å². The highest BCUT2D eigenvalue weighted by atomic mass is 16.4. The minimum Gasteiger partial charge on any atom is -0.481 e. The van der Waals surface area contributed by atoms with Crippen molar-refractivity contribution in [3.8, 4) is 0 Å². The molecule has 1 aliphatic heterocycles. The number of nitrogens with zero attached hydrogens (tertiary/aromatic N) is 3. The Kier molecular flexibility index (Phi) is 3.58. The number of carboxylic acid groups (broad SMARTS) is 1. The number of carbonyl (C=O) groups is 2. The van der Waals surface area contributed by atoms with Gasteiger partial charge in [-0.15, -0.1) is 0 Å². The van der Waals surface area contributed by atoms with Crippen LogP contribution in [-0.2, 0) is 11.8 Å². The molecular formula is C14H21N3O3. The van der Waals surface area contributed by atoms with E-state index in [1.807, 2.05) is 20.8 Å². The summed E-state index contributed by atoms with van der Waals surface area (Å²) in [6.45, 7) is 6.37. The molecule has 1 atom stereocenters. The van der Waals surface area contributed by atoms with Gasteiger partial charge in [0.05, 0.1) is 11.1 Å².